The van der Waals surface area contributed by atoms with Crippen LogP contribution in [0.25, 0.3) is 5.69 Å². The zero-order chi connectivity index (χ0) is 17.8. The normalized spacial score (nSPS) is 10.5. The van der Waals surface area contributed by atoms with Crippen molar-refractivity contribution in [1.29, 1.82) is 0 Å². The Morgan fingerprint density at radius 2 is 1.84 bits per heavy atom. The van der Waals surface area contributed by atoms with Crippen LogP contribution in [0.15, 0.2) is 60.8 Å². The van der Waals surface area contributed by atoms with Gasteiger partial charge in [0.15, 0.2) is 4.77 Å². The Kier molecular flexibility index (Phi) is 5.00. The van der Waals surface area contributed by atoms with E-state index in [1.807, 2.05) is 54.6 Å². The van der Waals surface area contributed by atoms with Crippen molar-refractivity contribution in [3.63, 3.8) is 0 Å². The molecule has 1 N–H and O–H groups in total. The van der Waals surface area contributed by atoms with E-state index in [1.165, 1.54) is 0 Å². The van der Waals surface area contributed by atoms with E-state index in [9.17, 15) is 4.79 Å². The minimum atomic E-state index is -0.123. The molecule has 3 rings (SSSR count). The Hall–Kier alpha value is -2.86. The van der Waals surface area contributed by atoms with Gasteiger partial charge in [-0.25, -0.2) is 0 Å². The first-order valence-corrected chi connectivity index (χ1v) is 8.26. The summed E-state index contributed by atoms with van der Waals surface area (Å²) in [5.74, 6) is 0.637. The maximum atomic E-state index is 13.0. The third-order valence-electron chi connectivity index (χ3n) is 3.96. The third kappa shape index (κ3) is 3.49. The van der Waals surface area contributed by atoms with Crippen LogP contribution in [0.4, 0.5) is 0 Å². The molecule has 0 fully saturated rings. The first kappa shape index (κ1) is 17.0. The summed E-state index contributed by atoms with van der Waals surface area (Å²) in [6, 6.07) is 17.3. The number of H-pyrrole nitrogens is 1. The van der Waals surface area contributed by atoms with Crippen LogP contribution in [-0.2, 0) is 6.54 Å². The molecule has 1 amide bonds. The summed E-state index contributed by atoms with van der Waals surface area (Å²) in [5, 5.41) is 0. The molecule has 1 heterocycles. The van der Waals surface area contributed by atoms with Gasteiger partial charge in [-0.3, -0.25) is 9.36 Å². The van der Waals surface area contributed by atoms with Crippen molar-refractivity contribution in [2.45, 2.75) is 6.54 Å². The minimum absolute atomic E-state index is 0.123. The molecule has 0 aliphatic rings. The summed E-state index contributed by atoms with van der Waals surface area (Å²) in [7, 11) is 3.39. The fourth-order valence-electron chi connectivity index (χ4n) is 2.72. The van der Waals surface area contributed by atoms with Crippen molar-refractivity contribution in [3.05, 3.63) is 76.8 Å². The molecule has 0 saturated carbocycles. The highest BCUT2D eigenvalue weighted by molar-refractivity contribution is 7.71. The van der Waals surface area contributed by atoms with Gasteiger partial charge in [-0.1, -0.05) is 36.4 Å². The van der Waals surface area contributed by atoms with E-state index < -0.39 is 0 Å². The quantitative estimate of drug-likeness (QED) is 0.710. The van der Waals surface area contributed by atoms with Crippen LogP contribution in [-0.4, -0.2) is 34.5 Å². The number of ether oxygens (including phenoxy) is 1. The molecule has 0 spiro atoms. The Morgan fingerprint density at radius 1 is 1.16 bits per heavy atom. The number of carbonyl (C=O) groups excluding carboxylic acids is 1. The molecule has 128 valence electrons. The molecule has 0 unspecified atom stereocenters. The van der Waals surface area contributed by atoms with Crippen molar-refractivity contribution in [2.75, 3.05) is 14.2 Å². The van der Waals surface area contributed by atoms with Crippen LogP contribution in [0.1, 0.15) is 16.1 Å². The van der Waals surface area contributed by atoms with Crippen molar-refractivity contribution >= 4 is 18.1 Å². The van der Waals surface area contributed by atoms with Gasteiger partial charge in [-0.05, 0) is 30.4 Å². The highest BCUT2D eigenvalue weighted by Crippen LogP contribution is 2.20. The van der Waals surface area contributed by atoms with Crippen LogP contribution in [0.3, 0.4) is 0 Å². The second-order valence-corrected chi connectivity index (χ2v) is 6.01. The lowest BCUT2D eigenvalue weighted by Crippen LogP contribution is -2.28. The van der Waals surface area contributed by atoms with Gasteiger partial charge in [0.05, 0.1) is 7.11 Å². The topological polar surface area (TPSA) is 50.3 Å². The van der Waals surface area contributed by atoms with E-state index in [4.69, 9.17) is 17.0 Å². The number of nitrogens with zero attached hydrogens (tertiary/aromatic N) is 2. The fourth-order valence-corrected chi connectivity index (χ4v) is 2.98. The van der Waals surface area contributed by atoms with E-state index in [-0.39, 0.29) is 5.91 Å². The summed E-state index contributed by atoms with van der Waals surface area (Å²) >= 11 is 5.35. The first-order chi connectivity index (χ1) is 12.1. The van der Waals surface area contributed by atoms with Crippen molar-refractivity contribution in [3.8, 4) is 11.4 Å². The molecule has 0 aliphatic heterocycles. The SMILES string of the molecule is COc1ccccc1CN(C)C(=O)c1c[nH]c(=S)n1-c1ccccc1. The number of aromatic amines is 1. The maximum absolute atomic E-state index is 13.0. The van der Waals surface area contributed by atoms with E-state index >= 15 is 0 Å². The minimum Gasteiger partial charge on any atom is -0.496 e. The smallest absolute Gasteiger partial charge is 0.272 e. The number of hydrogen-bond acceptors (Lipinski definition) is 3. The highest BCUT2D eigenvalue weighted by Gasteiger charge is 2.19. The number of para-hydroxylation sites is 2. The fraction of sp³-hybridized carbons (Fsp3) is 0.158. The summed E-state index contributed by atoms with van der Waals surface area (Å²) in [4.78, 5) is 17.6. The predicted molar refractivity (Wildman–Crippen MR) is 99.7 cm³/mol. The molecule has 0 saturated heterocycles. The van der Waals surface area contributed by atoms with Gasteiger partial charge in [0, 0.05) is 31.0 Å². The summed E-state index contributed by atoms with van der Waals surface area (Å²) in [6.45, 7) is 0.440. The number of carbonyl (C=O) groups is 1. The van der Waals surface area contributed by atoms with Gasteiger partial charge in [0.1, 0.15) is 11.4 Å². The average molecular weight is 353 g/mol. The van der Waals surface area contributed by atoms with Crippen LogP contribution < -0.4 is 4.74 Å². The third-order valence-corrected chi connectivity index (χ3v) is 4.26. The molecular formula is C19H19N3O2S. The molecule has 1 aromatic heterocycles. The summed E-state index contributed by atoms with van der Waals surface area (Å²) in [5.41, 5.74) is 2.29. The number of nitrogens with one attached hydrogen (secondary N) is 1. The monoisotopic (exact) mass is 353 g/mol. The molecule has 25 heavy (non-hydrogen) atoms. The molecule has 0 aliphatic carbocycles. The Morgan fingerprint density at radius 3 is 2.56 bits per heavy atom. The lowest BCUT2D eigenvalue weighted by Gasteiger charge is -2.19. The standard InChI is InChI=1S/C19H19N3O2S/c1-21(13-14-8-6-7-11-17(14)24-2)18(23)16-12-20-19(25)22(16)15-9-4-3-5-10-15/h3-12H,13H2,1-2H3,(H,20,25). The van der Waals surface area contributed by atoms with Crippen LogP contribution in [0.2, 0.25) is 0 Å². The van der Waals surface area contributed by atoms with E-state index in [0.717, 1.165) is 17.0 Å². The Bertz CT molecular complexity index is 931. The van der Waals surface area contributed by atoms with Gasteiger partial charge in [0.25, 0.3) is 5.91 Å². The van der Waals surface area contributed by atoms with Crippen LogP contribution in [0.5, 0.6) is 5.75 Å². The number of rotatable bonds is 5. The zero-order valence-corrected chi connectivity index (χ0v) is 14.9. The Labute approximate surface area is 151 Å². The number of hydrogen-bond donors (Lipinski definition) is 1. The number of amides is 1. The molecule has 0 radical (unpaired) electrons. The van der Waals surface area contributed by atoms with E-state index in [0.29, 0.717) is 17.0 Å². The molecule has 3 aromatic rings. The zero-order valence-electron chi connectivity index (χ0n) is 14.1. The van der Waals surface area contributed by atoms with E-state index in [1.54, 1.807) is 29.8 Å². The number of aromatic nitrogens is 2. The average Bonchev–Trinajstić information content (AvgIpc) is 3.03. The predicted octanol–water partition coefficient (Wildman–Crippen LogP) is 3.82. The number of imidazole rings is 1. The van der Waals surface area contributed by atoms with Crippen molar-refractivity contribution in [1.82, 2.24) is 14.5 Å². The van der Waals surface area contributed by atoms with Crippen LogP contribution >= 0.6 is 12.2 Å². The van der Waals surface area contributed by atoms with Crippen LogP contribution in [0, 0.1) is 4.77 Å². The number of methoxy groups -OCH3 is 1. The van der Waals surface area contributed by atoms with Gasteiger partial charge >= 0.3 is 0 Å². The molecule has 0 atom stereocenters. The molecule has 0 bridgehead atoms. The lowest BCUT2D eigenvalue weighted by atomic mass is 10.2. The maximum Gasteiger partial charge on any atom is 0.272 e. The summed E-state index contributed by atoms with van der Waals surface area (Å²) < 4.78 is 7.60. The highest BCUT2D eigenvalue weighted by atomic mass is 32.1. The number of benzene rings is 2. The van der Waals surface area contributed by atoms with Gasteiger partial charge in [0.2, 0.25) is 0 Å². The lowest BCUT2D eigenvalue weighted by molar-refractivity contribution is 0.0776. The first-order valence-electron chi connectivity index (χ1n) is 7.85. The molecule has 6 heteroatoms. The van der Waals surface area contributed by atoms with Gasteiger partial charge in [-0.15, -0.1) is 0 Å². The van der Waals surface area contributed by atoms with Crippen molar-refractivity contribution < 1.29 is 9.53 Å². The molecule has 5 nitrogen and oxygen atoms in total. The largest absolute Gasteiger partial charge is 0.496 e. The van der Waals surface area contributed by atoms with Gasteiger partial charge in [-0.2, -0.15) is 0 Å². The molecular weight excluding hydrogens is 334 g/mol. The second-order valence-electron chi connectivity index (χ2n) is 5.62. The summed E-state index contributed by atoms with van der Waals surface area (Å²) in [6.07, 6.45) is 1.65. The van der Waals surface area contributed by atoms with Gasteiger partial charge < -0.3 is 14.6 Å². The molecule has 2 aromatic carbocycles. The second kappa shape index (κ2) is 7.36. The van der Waals surface area contributed by atoms with Crippen molar-refractivity contribution in [2.24, 2.45) is 0 Å². The van der Waals surface area contributed by atoms with E-state index in [2.05, 4.69) is 4.98 Å². The Balaban J connectivity index is 1.90.